The van der Waals surface area contributed by atoms with Crippen molar-refractivity contribution in [3.05, 3.63) is 42.5 Å². The van der Waals surface area contributed by atoms with E-state index in [1.54, 1.807) is 0 Å². The minimum Gasteiger partial charge on any atom is -0.382 e. The van der Waals surface area contributed by atoms with Gasteiger partial charge in [-0.05, 0) is 24.6 Å². The lowest BCUT2D eigenvalue weighted by Gasteiger charge is -2.02. The molecule has 0 amide bonds. The van der Waals surface area contributed by atoms with E-state index < -0.39 is 0 Å². The Morgan fingerprint density at radius 2 is 2.36 bits per heavy atom. The molecule has 0 heterocycles. The first-order valence-electron chi connectivity index (χ1n) is 3.74. The lowest BCUT2D eigenvalue weighted by atomic mass is 10.2. The molecule has 1 nitrogen and oxygen atoms in total. The molecule has 1 aromatic carbocycles. The molecule has 0 spiro atoms. The standard InChI is InChI=1S/C10H13N/c1-3-7-11-10-6-4-5-9(2)8-10/h3-6,8,11H,1,7H2,2H3. The van der Waals surface area contributed by atoms with Crippen molar-refractivity contribution in [2.45, 2.75) is 6.92 Å². The predicted molar refractivity (Wildman–Crippen MR) is 49.9 cm³/mol. The second kappa shape index (κ2) is 3.81. The van der Waals surface area contributed by atoms with Crippen LogP contribution in [-0.2, 0) is 0 Å². The fourth-order valence-electron chi connectivity index (χ4n) is 0.945. The minimum atomic E-state index is 0.823. The summed E-state index contributed by atoms with van der Waals surface area (Å²) < 4.78 is 0. The molecular formula is C10H13N. The molecule has 0 bridgehead atoms. The molecule has 1 N–H and O–H groups in total. The lowest BCUT2D eigenvalue weighted by Crippen LogP contribution is -1.96. The number of nitrogens with one attached hydrogen (secondary N) is 1. The molecule has 11 heavy (non-hydrogen) atoms. The number of anilines is 1. The summed E-state index contributed by atoms with van der Waals surface area (Å²) in [6.45, 7) is 6.54. The number of benzene rings is 1. The highest BCUT2D eigenvalue weighted by Gasteiger charge is 1.87. The van der Waals surface area contributed by atoms with Crippen LogP contribution in [0.5, 0.6) is 0 Å². The van der Waals surface area contributed by atoms with Crippen LogP contribution in [0.1, 0.15) is 5.56 Å². The zero-order chi connectivity index (χ0) is 8.10. The van der Waals surface area contributed by atoms with Crippen molar-refractivity contribution in [1.29, 1.82) is 0 Å². The maximum atomic E-state index is 3.64. The van der Waals surface area contributed by atoms with Crippen molar-refractivity contribution in [3.8, 4) is 0 Å². The van der Waals surface area contributed by atoms with Crippen LogP contribution in [0.4, 0.5) is 5.69 Å². The Kier molecular flexibility index (Phi) is 2.73. The van der Waals surface area contributed by atoms with Gasteiger partial charge in [-0.1, -0.05) is 18.2 Å². The summed E-state index contributed by atoms with van der Waals surface area (Å²) in [7, 11) is 0. The van der Waals surface area contributed by atoms with E-state index in [0.717, 1.165) is 12.2 Å². The molecule has 1 heteroatoms. The highest BCUT2D eigenvalue weighted by atomic mass is 14.8. The first kappa shape index (κ1) is 7.86. The van der Waals surface area contributed by atoms with Crippen molar-refractivity contribution in [2.75, 3.05) is 11.9 Å². The summed E-state index contributed by atoms with van der Waals surface area (Å²) in [5.41, 5.74) is 2.43. The van der Waals surface area contributed by atoms with Gasteiger partial charge in [0.05, 0.1) is 0 Å². The minimum absolute atomic E-state index is 0.823. The third-order valence-corrected chi connectivity index (χ3v) is 1.47. The number of hydrogen-bond acceptors (Lipinski definition) is 1. The third-order valence-electron chi connectivity index (χ3n) is 1.47. The molecule has 0 aliphatic carbocycles. The highest BCUT2D eigenvalue weighted by Crippen LogP contribution is 2.08. The Bertz CT molecular complexity index is 240. The summed E-state index contributed by atoms with van der Waals surface area (Å²) in [4.78, 5) is 0. The second-order valence-corrected chi connectivity index (χ2v) is 2.54. The monoisotopic (exact) mass is 147 g/mol. The van der Waals surface area contributed by atoms with Crippen LogP contribution >= 0.6 is 0 Å². The van der Waals surface area contributed by atoms with Crippen LogP contribution in [0.3, 0.4) is 0 Å². The van der Waals surface area contributed by atoms with Crippen LogP contribution in [0.15, 0.2) is 36.9 Å². The molecule has 0 aliphatic heterocycles. The van der Waals surface area contributed by atoms with Gasteiger partial charge in [-0.2, -0.15) is 0 Å². The van der Waals surface area contributed by atoms with E-state index in [4.69, 9.17) is 0 Å². The van der Waals surface area contributed by atoms with Crippen molar-refractivity contribution in [2.24, 2.45) is 0 Å². The summed E-state index contributed by atoms with van der Waals surface area (Å²) in [5, 5.41) is 3.22. The highest BCUT2D eigenvalue weighted by molar-refractivity contribution is 5.45. The molecule has 0 unspecified atom stereocenters. The van der Waals surface area contributed by atoms with Gasteiger partial charge in [0.25, 0.3) is 0 Å². The van der Waals surface area contributed by atoms with Gasteiger partial charge >= 0.3 is 0 Å². The molecule has 0 atom stereocenters. The average molecular weight is 147 g/mol. The first-order valence-corrected chi connectivity index (χ1v) is 3.74. The zero-order valence-electron chi connectivity index (χ0n) is 6.80. The molecule has 0 saturated carbocycles. The van der Waals surface area contributed by atoms with Crippen LogP contribution < -0.4 is 5.32 Å². The van der Waals surface area contributed by atoms with Gasteiger partial charge in [0, 0.05) is 12.2 Å². The van der Waals surface area contributed by atoms with Gasteiger partial charge in [-0.25, -0.2) is 0 Å². The largest absolute Gasteiger partial charge is 0.382 e. The summed E-state index contributed by atoms with van der Waals surface area (Å²) in [6.07, 6.45) is 1.85. The zero-order valence-corrected chi connectivity index (χ0v) is 6.80. The SMILES string of the molecule is C=CCNc1cccc(C)c1. The molecule has 0 saturated heterocycles. The Balaban J connectivity index is 2.63. The molecule has 1 rings (SSSR count). The molecule has 58 valence electrons. The van der Waals surface area contributed by atoms with Crippen LogP contribution in [0.2, 0.25) is 0 Å². The van der Waals surface area contributed by atoms with Gasteiger partial charge in [0.1, 0.15) is 0 Å². The molecule has 1 aromatic rings. The maximum absolute atomic E-state index is 3.64. The van der Waals surface area contributed by atoms with Crippen molar-refractivity contribution < 1.29 is 0 Å². The van der Waals surface area contributed by atoms with Gasteiger partial charge in [-0.3, -0.25) is 0 Å². The summed E-state index contributed by atoms with van der Waals surface area (Å²) in [6, 6.07) is 8.29. The molecule has 0 radical (unpaired) electrons. The third kappa shape index (κ3) is 2.46. The number of rotatable bonds is 3. The Hall–Kier alpha value is -1.24. The van der Waals surface area contributed by atoms with E-state index in [-0.39, 0.29) is 0 Å². The van der Waals surface area contributed by atoms with E-state index in [1.807, 2.05) is 12.1 Å². The van der Waals surface area contributed by atoms with Crippen LogP contribution in [0, 0.1) is 6.92 Å². The van der Waals surface area contributed by atoms with Gasteiger partial charge in [-0.15, -0.1) is 6.58 Å². The number of aryl methyl sites for hydroxylation is 1. The van der Waals surface area contributed by atoms with E-state index in [1.165, 1.54) is 5.56 Å². The predicted octanol–water partition coefficient (Wildman–Crippen LogP) is 2.59. The molecule has 0 aromatic heterocycles. The fourth-order valence-corrected chi connectivity index (χ4v) is 0.945. The lowest BCUT2D eigenvalue weighted by molar-refractivity contribution is 1.33. The summed E-state index contributed by atoms with van der Waals surface area (Å²) in [5.74, 6) is 0. The first-order chi connectivity index (χ1) is 5.33. The molecule has 0 aliphatic rings. The van der Waals surface area contributed by atoms with E-state index in [2.05, 4.69) is 37.0 Å². The molecular weight excluding hydrogens is 134 g/mol. The second-order valence-electron chi connectivity index (χ2n) is 2.54. The van der Waals surface area contributed by atoms with Crippen molar-refractivity contribution >= 4 is 5.69 Å². The van der Waals surface area contributed by atoms with Crippen molar-refractivity contribution in [3.63, 3.8) is 0 Å². The van der Waals surface area contributed by atoms with E-state index >= 15 is 0 Å². The normalized spacial score (nSPS) is 9.18. The van der Waals surface area contributed by atoms with Crippen LogP contribution in [-0.4, -0.2) is 6.54 Å². The maximum Gasteiger partial charge on any atom is 0.0345 e. The topological polar surface area (TPSA) is 12.0 Å². The molecule has 0 fully saturated rings. The van der Waals surface area contributed by atoms with Gasteiger partial charge < -0.3 is 5.32 Å². The smallest absolute Gasteiger partial charge is 0.0345 e. The van der Waals surface area contributed by atoms with E-state index in [0.29, 0.717) is 0 Å². The fraction of sp³-hybridized carbons (Fsp3) is 0.200. The Morgan fingerprint density at radius 3 is 3.00 bits per heavy atom. The van der Waals surface area contributed by atoms with Gasteiger partial charge in [0.15, 0.2) is 0 Å². The quantitative estimate of drug-likeness (QED) is 0.648. The Labute approximate surface area is 67.8 Å². The summed E-state index contributed by atoms with van der Waals surface area (Å²) >= 11 is 0. The van der Waals surface area contributed by atoms with Crippen LogP contribution in [0.25, 0.3) is 0 Å². The Morgan fingerprint density at radius 1 is 1.55 bits per heavy atom. The van der Waals surface area contributed by atoms with E-state index in [9.17, 15) is 0 Å². The average Bonchev–Trinajstić information content (AvgIpc) is 2.01. The van der Waals surface area contributed by atoms with Crippen molar-refractivity contribution in [1.82, 2.24) is 0 Å². The number of hydrogen-bond donors (Lipinski definition) is 1. The van der Waals surface area contributed by atoms with Gasteiger partial charge in [0.2, 0.25) is 0 Å².